The van der Waals surface area contributed by atoms with Gasteiger partial charge >= 0.3 is 0 Å². The van der Waals surface area contributed by atoms with Crippen molar-refractivity contribution in [2.24, 2.45) is 0 Å². The second-order valence-corrected chi connectivity index (χ2v) is 9.93. The molecule has 0 saturated heterocycles. The molecular formula is C23H32N2O2S. The summed E-state index contributed by atoms with van der Waals surface area (Å²) in [4.78, 5) is 0. The Morgan fingerprint density at radius 1 is 0.857 bits per heavy atom. The van der Waals surface area contributed by atoms with E-state index in [9.17, 15) is 8.42 Å². The molecule has 1 fully saturated rings. The first-order valence-corrected chi connectivity index (χ1v) is 11.9. The molecule has 0 spiro atoms. The largest absolute Gasteiger partial charge is 0.309 e. The van der Waals surface area contributed by atoms with Gasteiger partial charge in [-0.15, -0.1) is 0 Å². The van der Waals surface area contributed by atoms with Gasteiger partial charge in [0.05, 0.1) is 5.75 Å². The highest BCUT2D eigenvalue weighted by Gasteiger charge is 2.16. The maximum Gasteiger partial charge on any atom is 0.216 e. The summed E-state index contributed by atoms with van der Waals surface area (Å²) in [5.41, 5.74) is 4.74. The number of nitrogens with one attached hydrogen (secondary N) is 2. The molecule has 1 aliphatic carbocycles. The molecule has 1 aliphatic rings. The van der Waals surface area contributed by atoms with E-state index in [2.05, 4.69) is 34.3 Å². The third-order valence-electron chi connectivity index (χ3n) is 5.26. The molecule has 0 aliphatic heterocycles. The average molecular weight is 401 g/mol. The Balaban J connectivity index is 1.46. The van der Waals surface area contributed by atoms with E-state index in [1.165, 1.54) is 36.8 Å². The first-order chi connectivity index (χ1) is 13.4. The molecule has 0 aromatic heterocycles. The highest BCUT2D eigenvalue weighted by atomic mass is 32.2. The molecule has 28 heavy (non-hydrogen) atoms. The van der Waals surface area contributed by atoms with Crippen molar-refractivity contribution in [3.05, 3.63) is 70.8 Å². The normalized spacial score (nSPS) is 15.4. The van der Waals surface area contributed by atoms with Crippen molar-refractivity contribution in [2.45, 2.75) is 70.3 Å². The highest BCUT2D eigenvalue weighted by molar-refractivity contribution is 7.88. The maximum absolute atomic E-state index is 12.0. The Kier molecular flexibility index (Phi) is 7.27. The van der Waals surface area contributed by atoms with Crippen molar-refractivity contribution < 1.29 is 8.42 Å². The number of sulfonamides is 1. The van der Waals surface area contributed by atoms with Crippen LogP contribution in [-0.2, 0) is 28.9 Å². The summed E-state index contributed by atoms with van der Waals surface area (Å²) in [6.45, 7) is 5.25. The Labute approximate surface area is 169 Å². The lowest BCUT2D eigenvalue weighted by Crippen LogP contribution is -2.31. The quantitative estimate of drug-likeness (QED) is 0.653. The van der Waals surface area contributed by atoms with Crippen LogP contribution in [0.2, 0.25) is 0 Å². The molecule has 2 N–H and O–H groups in total. The monoisotopic (exact) mass is 400 g/mol. The summed E-state index contributed by atoms with van der Waals surface area (Å²) < 4.78 is 26.6. The molecule has 4 nitrogen and oxygen atoms in total. The van der Waals surface area contributed by atoms with E-state index >= 15 is 0 Å². The Hall–Kier alpha value is -1.69. The van der Waals surface area contributed by atoms with Crippen LogP contribution in [0, 0.1) is 0 Å². The predicted molar refractivity (Wildman–Crippen MR) is 116 cm³/mol. The zero-order valence-electron chi connectivity index (χ0n) is 16.9. The molecule has 0 amide bonds. The van der Waals surface area contributed by atoms with Crippen molar-refractivity contribution in [3.63, 3.8) is 0 Å². The van der Waals surface area contributed by atoms with Crippen molar-refractivity contribution in [3.8, 4) is 0 Å². The topological polar surface area (TPSA) is 58.2 Å². The smallest absolute Gasteiger partial charge is 0.216 e. The van der Waals surface area contributed by atoms with Gasteiger partial charge in [-0.1, -0.05) is 61.4 Å². The van der Waals surface area contributed by atoms with Gasteiger partial charge in [0.25, 0.3) is 0 Å². The molecule has 0 radical (unpaired) electrons. The predicted octanol–water partition coefficient (Wildman–Crippen LogP) is 4.46. The van der Waals surface area contributed by atoms with E-state index < -0.39 is 10.0 Å². The lowest BCUT2D eigenvalue weighted by Gasteiger charge is -2.11. The van der Waals surface area contributed by atoms with Crippen molar-refractivity contribution >= 4 is 10.0 Å². The Morgan fingerprint density at radius 3 is 1.89 bits per heavy atom. The second-order valence-electron chi connectivity index (χ2n) is 8.17. The molecule has 0 bridgehead atoms. The van der Waals surface area contributed by atoms with Crippen LogP contribution in [0.1, 0.15) is 67.7 Å². The van der Waals surface area contributed by atoms with Crippen LogP contribution in [0.5, 0.6) is 0 Å². The zero-order valence-corrected chi connectivity index (χ0v) is 17.8. The summed E-state index contributed by atoms with van der Waals surface area (Å²) in [6.07, 6.45) is 5.41. The number of rotatable bonds is 9. The average Bonchev–Trinajstić information content (AvgIpc) is 3.17. The van der Waals surface area contributed by atoms with Gasteiger partial charge in [-0.25, -0.2) is 13.1 Å². The van der Waals surface area contributed by atoms with E-state index in [4.69, 9.17) is 0 Å². The first kappa shape index (κ1) is 21.0. The third-order valence-corrected chi connectivity index (χ3v) is 6.80. The fourth-order valence-electron chi connectivity index (χ4n) is 3.89. The van der Waals surface area contributed by atoms with Crippen LogP contribution in [0.15, 0.2) is 48.5 Å². The van der Waals surface area contributed by atoms with Gasteiger partial charge < -0.3 is 5.32 Å². The van der Waals surface area contributed by atoms with Gasteiger partial charge in [0.15, 0.2) is 0 Å². The summed E-state index contributed by atoms with van der Waals surface area (Å²) >= 11 is 0. The molecule has 1 saturated carbocycles. The van der Waals surface area contributed by atoms with Gasteiger partial charge in [0, 0.05) is 19.1 Å². The first-order valence-electron chi connectivity index (χ1n) is 10.3. The molecular weight excluding hydrogens is 368 g/mol. The van der Waals surface area contributed by atoms with Gasteiger partial charge in [-0.2, -0.15) is 0 Å². The number of hydrogen-bond acceptors (Lipinski definition) is 3. The van der Waals surface area contributed by atoms with E-state index in [-0.39, 0.29) is 11.8 Å². The summed E-state index contributed by atoms with van der Waals surface area (Å²) in [5.74, 6) is 0.784. The minimum Gasteiger partial charge on any atom is -0.309 e. The van der Waals surface area contributed by atoms with Gasteiger partial charge in [0.1, 0.15) is 0 Å². The SMILES string of the molecule is CC(C)NS(=O)(=O)Cc1ccc(CNCc2ccc(C3CCCC3)cc2)cc1. The third kappa shape index (κ3) is 6.43. The number of benzene rings is 2. The maximum atomic E-state index is 12.0. The van der Waals surface area contributed by atoms with Crippen LogP contribution in [0.4, 0.5) is 0 Å². The standard InChI is InChI=1S/C23H32N2O2S/c1-18(2)25-28(26,27)17-21-9-7-19(8-10-21)15-24-16-20-11-13-23(14-12-20)22-5-3-4-6-22/h7-14,18,22,24-25H,3-6,15-17H2,1-2H3. The molecule has 0 heterocycles. The Morgan fingerprint density at radius 2 is 1.36 bits per heavy atom. The molecule has 5 heteroatoms. The van der Waals surface area contributed by atoms with E-state index in [0.717, 1.165) is 30.1 Å². The lowest BCUT2D eigenvalue weighted by atomic mass is 9.97. The minimum absolute atomic E-state index is 0.0201. The lowest BCUT2D eigenvalue weighted by molar-refractivity contribution is 0.569. The van der Waals surface area contributed by atoms with Crippen molar-refractivity contribution in [1.82, 2.24) is 10.0 Å². The van der Waals surface area contributed by atoms with Crippen molar-refractivity contribution in [2.75, 3.05) is 0 Å². The van der Waals surface area contributed by atoms with Crippen LogP contribution in [-0.4, -0.2) is 14.5 Å². The van der Waals surface area contributed by atoms with E-state index in [1.54, 1.807) is 0 Å². The van der Waals surface area contributed by atoms with Crippen molar-refractivity contribution in [1.29, 1.82) is 0 Å². The molecule has 152 valence electrons. The van der Waals surface area contributed by atoms with Gasteiger partial charge in [0.2, 0.25) is 10.0 Å². The zero-order chi connectivity index (χ0) is 20.0. The summed E-state index contributed by atoms with van der Waals surface area (Å²) in [5, 5.41) is 3.47. The van der Waals surface area contributed by atoms with Crippen LogP contribution >= 0.6 is 0 Å². The van der Waals surface area contributed by atoms with E-state index in [0.29, 0.717) is 0 Å². The fraction of sp³-hybridized carbons (Fsp3) is 0.478. The molecule has 2 aromatic rings. The van der Waals surface area contributed by atoms with Gasteiger partial charge in [-0.05, 0) is 54.9 Å². The molecule has 0 atom stereocenters. The fourth-order valence-corrected chi connectivity index (χ4v) is 5.32. The van der Waals surface area contributed by atoms with Crippen LogP contribution in [0.25, 0.3) is 0 Å². The van der Waals surface area contributed by atoms with Crippen LogP contribution < -0.4 is 10.0 Å². The summed E-state index contributed by atoms with van der Waals surface area (Å²) in [6, 6.07) is 16.7. The summed E-state index contributed by atoms with van der Waals surface area (Å²) in [7, 11) is -3.28. The highest BCUT2D eigenvalue weighted by Crippen LogP contribution is 2.33. The molecule has 3 rings (SSSR count). The van der Waals surface area contributed by atoms with Crippen LogP contribution in [0.3, 0.4) is 0 Å². The van der Waals surface area contributed by atoms with E-state index in [1.807, 2.05) is 38.1 Å². The number of hydrogen-bond donors (Lipinski definition) is 2. The minimum atomic E-state index is -3.28. The Bertz CT molecular complexity index is 837. The second kappa shape index (κ2) is 9.68. The van der Waals surface area contributed by atoms with Gasteiger partial charge in [-0.3, -0.25) is 0 Å². The molecule has 0 unspecified atom stereocenters. The molecule has 2 aromatic carbocycles.